The van der Waals surface area contributed by atoms with Crippen LogP contribution in [0.3, 0.4) is 0 Å². The van der Waals surface area contributed by atoms with E-state index in [0.29, 0.717) is 17.8 Å². The summed E-state index contributed by atoms with van der Waals surface area (Å²) in [6.07, 6.45) is 6.74. The average Bonchev–Trinajstić information content (AvgIpc) is 3.19. The van der Waals surface area contributed by atoms with Crippen LogP contribution in [0.2, 0.25) is 0 Å². The maximum Gasteiger partial charge on any atom is 0.256 e. The van der Waals surface area contributed by atoms with Crippen molar-refractivity contribution in [2.24, 2.45) is 0 Å². The van der Waals surface area contributed by atoms with Crippen molar-refractivity contribution in [3.8, 4) is 11.3 Å². The van der Waals surface area contributed by atoms with Crippen LogP contribution in [0.5, 0.6) is 0 Å². The molecular formula is C24H22N4O. The highest BCUT2D eigenvalue weighted by molar-refractivity contribution is 6.00. The zero-order valence-electron chi connectivity index (χ0n) is 16.1. The lowest BCUT2D eigenvalue weighted by Gasteiger charge is -2.42. The first kappa shape index (κ1) is 17.6. The van der Waals surface area contributed by atoms with Crippen molar-refractivity contribution >= 4 is 11.6 Å². The minimum Gasteiger partial charge on any atom is -0.351 e. The second-order valence-corrected chi connectivity index (χ2v) is 7.67. The second kappa shape index (κ2) is 7.17. The lowest BCUT2D eigenvalue weighted by atomic mass is 9.64. The van der Waals surface area contributed by atoms with Crippen LogP contribution in [0.4, 0.5) is 0 Å². The Labute approximate surface area is 169 Å². The van der Waals surface area contributed by atoms with Crippen LogP contribution < -0.4 is 5.32 Å². The molecule has 5 nitrogen and oxygen atoms in total. The lowest BCUT2D eigenvalue weighted by molar-refractivity contribution is 0.0929. The number of rotatable bonds is 5. The number of carbonyl (C=O) groups excluding carboxylic acids is 1. The summed E-state index contributed by atoms with van der Waals surface area (Å²) in [4.78, 5) is 17.4. The lowest BCUT2D eigenvalue weighted by Crippen LogP contribution is -2.45. The summed E-state index contributed by atoms with van der Waals surface area (Å²) in [5.74, 6) is -0.125. The van der Waals surface area contributed by atoms with Crippen LogP contribution in [0.1, 0.15) is 35.2 Å². The molecule has 144 valence electrons. The second-order valence-electron chi connectivity index (χ2n) is 7.67. The minimum absolute atomic E-state index is 0.0442. The van der Waals surface area contributed by atoms with Crippen LogP contribution in [0.15, 0.2) is 79.1 Å². The maximum absolute atomic E-state index is 13.0. The SMILES string of the molecule is O=C(NCC1(c2ccccc2)CCC1)c1cnn2c(-c3ccccc3)ccnc12. The molecule has 2 aromatic heterocycles. The fourth-order valence-electron chi connectivity index (χ4n) is 4.19. The third-order valence-electron chi connectivity index (χ3n) is 6.00. The fraction of sp³-hybridized carbons (Fsp3) is 0.208. The molecule has 0 atom stereocenters. The number of nitrogens with one attached hydrogen (secondary N) is 1. The van der Waals surface area contributed by atoms with Gasteiger partial charge < -0.3 is 5.32 Å². The zero-order valence-corrected chi connectivity index (χ0v) is 16.1. The highest BCUT2D eigenvalue weighted by Gasteiger charge is 2.38. The Morgan fingerprint density at radius 1 is 1.00 bits per heavy atom. The number of amides is 1. The summed E-state index contributed by atoms with van der Waals surface area (Å²) in [6.45, 7) is 0.631. The number of hydrogen-bond donors (Lipinski definition) is 1. The van der Waals surface area contributed by atoms with E-state index in [1.54, 1.807) is 16.9 Å². The van der Waals surface area contributed by atoms with Crippen LogP contribution in [0.25, 0.3) is 16.9 Å². The third-order valence-corrected chi connectivity index (χ3v) is 6.00. The molecule has 0 radical (unpaired) electrons. The van der Waals surface area contributed by atoms with Gasteiger partial charge in [-0.3, -0.25) is 4.79 Å². The number of nitrogens with zero attached hydrogens (tertiary/aromatic N) is 3. The summed E-state index contributed by atoms with van der Waals surface area (Å²) in [5.41, 5.74) is 4.37. The van der Waals surface area contributed by atoms with Gasteiger partial charge in [0.25, 0.3) is 5.91 Å². The van der Waals surface area contributed by atoms with Gasteiger partial charge in [0, 0.05) is 23.7 Å². The molecule has 1 saturated carbocycles. The Hall–Kier alpha value is -3.47. The third kappa shape index (κ3) is 3.09. The normalized spacial score (nSPS) is 15.0. The van der Waals surface area contributed by atoms with E-state index in [1.165, 1.54) is 12.0 Å². The average molecular weight is 382 g/mol. The number of carbonyl (C=O) groups is 1. The molecule has 1 N–H and O–H groups in total. The first-order chi connectivity index (χ1) is 14.3. The van der Waals surface area contributed by atoms with Gasteiger partial charge in [-0.05, 0) is 24.5 Å². The Bertz CT molecular complexity index is 1150. The van der Waals surface area contributed by atoms with Gasteiger partial charge in [-0.25, -0.2) is 9.50 Å². The Morgan fingerprint density at radius 2 is 1.72 bits per heavy atom. The van der Waals surface area contributed by atoms with Crippen molar-refractivity contribution in [1.29, 1.82) is 0 Å². The molecular weight excluding hydrogens is 360 g/mol. The molecule has 4 aromatic rings. The first-order valence-electron chi connectivity index (χ1n) is 9.99. The van der Waals surface area contributed by atoms with Gasteiger partial charge >= 0.3 is 0 Å². The largest absolute Gasteiger partial charge is 0.351 e. The predicted molar refractivity (Wildman–Crippen MR) is 113 cm³/mol. The molecule has 29 heavy (non-hydrogen) atoms. The van der Waals surface area contributed by atoms with E-state index < -0.39 is 0 Å². The number of benzene rings is 2. The van der Waals surface area contributed by atoms with Crippen molar-refractivity contribution in [2.75, 3.05) is 6.54 Å². The molecule has 2 heterocycles. The molecule has 5 heteroatoms. The zero-order chi connectivity index (χ0) is 19.7. The summed E-state index contributed by atoms with van der Waals surface area (Å²) in [7, 11) is 0. The van der Waals surface area contributed by atoms with Gasteiger partial charge in [0.15, 0.2) is 5.65 Å². The van der Waals surface area contributed by atoms with Crippen molar-refractivity contribution < 1.29 is 4.79 Å². The molecule has 0 unspecified atom stereocenters. The van der Waals surface area contributed by atoms with Crippen LogP contribution >= 0.6 is 0 Å². The monoisotopic (exact) mass is 382 g/mol. The van der Waals surface area contributed by atoms with Gasteiger partial charge in [0.2, 0.25) is 0 Å². The molecule has 0 bridgehead atoms. The summed E-state index contributed by atoms with van der Waals surface area (Å²) in [5, 5.41) is 7.59. The van der Waals surface area contributed by atoms with Gasteiger partial charge in [-0.2, -0.15) is 5.10 Å². The summed E-state index contributed by atoms with van der Waals surface area (Å²) in [6, 6.07) is 22.4. The van der Waals surface area contributed by atoms with Gasteiger partial charge in [0.1, 0.15) is 5.56 Å². The van der Waals surface area contributed by atoms with Crippen molar-refractivity contribution in [3.63, 3.8) is 0 Å². The molecule has 1 aliphatic carbocycles. The molecule has 5 rings (SSSR count). The van der Waals surface area contributed by atoms with E-state index in [9.17, 15) is 4.79 Å². The van der Waals surface area contributed by atoms with E-state index in [0.717, 1.165) is 24.1 Å². The summed E-state index contributed by atoms with van der Waals surface area (Å²) >= 11 is 0. The molecule has 1 aliphatic rings. The van der Waals surface area contributed by atoms with Gasteiger partial charge in [-0.15, -0.1) is 0 Å². The van der Waals surface area contributed by atoms with Crippen molar-refractivity contribution in [2.45, 2.75) is 24.7 Å². The quantitative estimate of drug-likeness (QED) is 0.561. The smallest absolute Gasteiger partial charge is 0.256 e. The van der Waals surface area contributed by atoms with Gasteiger partial charge in [0.05, 0.1) is 11.9 Å². The highest BCUT2D eigenvalue weighted by Crippen LogP contribution is 2.43. The highest BCUT2D eigenvalue weighted by atomic mass is 16.1. The van der Waals surface area contributed by atoms with Crippen LogP contribution in [-0.4, -0.2) is 27.0 Å². The van der Waals surface area contributed by atoms with Crippen LogP contribution in [0, 0.1) is 0 Å². The molecule has 0 spiro atoms. The Balaban J connectivity index is 1.41. The molecule has 2 aromatic carbocycles. The van der Waals surface area contributed by atoms with Crippen LogP contribution in [-0.2, 0) is 5.41 Å². The van der Waals surface area contributed by atoms with Gasteiger partial charge in [-0.1, -0.05) is 67.1 Å². The standard InChI is InChI=1S/C24H22N4O/c29-23(26-17-24(13-7-14-24)19-10-5-2-6-11-19)20-16-27-28-21(12-15-25-22(20)28)18-8-3-1-4-9-18/h1-6,8-12,15-16H,7,13-14,17H2,(H,26,29). The topological polar surface area (TPSA) is 59.3 Å². The van der Waals surface area contributed by atoms with E-state index in [2.05, 4.69) is 39.7 Å². The fourth-order valence-corrected chi connectivity index (χ4v) is 4.19. The number of hydrogen-bond acceptors (Lipinski definition) is 3. The van der Waals surface area contributed by atoms with Crippen molar-refractivity contribution in [1.82, 2.24) is 19.9 Å². The molecule has 0 aliphatic heterocycles. The van der Waals surface area contributed by atoms with E-state index in [-0.39, 0.29) is 11.3 Å². The molecule has 1 fully saturated rings. The van der Waals surface area contributed by atoms with E-state index in [1.807, 2.05) is 42.5 Å². The number of aromatic nitrogens is 3. The first-order valence-corrected chi connectivity index (χ1v) is 9.99. The summed E-state index contributed by atoms with van der Waals surface area (Å²) < 4.78 is 1.74. The molecule has 0 saturated heterocycles. The van der Waals surface area contributed by atoms with E-state index in [4.69, 9.17) is 0 Å². The number of fused-ring (bicyclic) bond motifs is 1. The predicted octanol–water partition coefficient (Wildman–Crippen LogP) is 4.25. The van der Waals surface area contributed by atoms with Crippen molar-refractivity contribution in [3.05, 3.63) is 90.3 Å². The molecule has 1 amide bonds. The Kier molecular flexibility index (Phi) is 4.35. The van der Waals surface area contributed by atoms with E-state index >= 15 is 0 Å². The maximum atomic E-state index is 13.0. The minimum atomic E-state index is -0.125. The Morgan fingerprint density at radius 3 is 2.41 bits per heavy atom.